The van der Waals surface area contributed by atoms with Crippen LogP contribution in [0.4, 0.5) is 20.2 Å². The Hall–Kier alpha value is -3.32. The summed E-state index contributed by atoms with van der Waals surface area (Å²) in [7, 11) is 1.44. The highest BCUT2D eigenvalue weighted by Crippen LogP contribution is 2.39. The lowest BCUT2D eigenvalue weighted by atomic mass is 10.1. The van der Waals surface area contributed by atoms with Crippen LogP contribution in [0.25, 0.3) is 0 Å². The molecule has 0 heterocycles. The van der Waals surface area contributed by atoms with E-state index in [0.29, 0.717) is 17.9 Å². The molecule has 2 aromatic rings. The predicted molar refractivity (Wildman–Crippen MR) is 87.9 cm³/mol. The first-order valence-corrected chi connectivity index (χ1v) is 7.46. The Morgan fingerprint density at radius 3 is 2.32 bits per heavy atom. The van der Waals surface area contributed by atoms with Crippen molar-refractivity contribution in [3.8, 4) is 23.6 Å². The topological polar surface area (TPSA) is 78.1 Å². The molecule has 0 fully saturated rings. The van der Waals surface area contributed by atoms with E-state index < -0.39 is 28.5 Å². The number of para-hydroxylation sites is 2. The summed E-state index contributed by atoms with van der Waals surface area (Å²) in [5, 5.41) is 20.9. The number of rotatable bonds is 6. The molecule has 0 amide bonds. The molecule has 2 rings (SSSR count). The van der Waals surface area contributed by atoms with Gasteiger partial charge in [-0.3, -0.25) is 0 Å². The molecule has 0 atom stereocenters. The molecular weight excluding hydrogens is 328 g/mol. The summed E-state index contributed by atoms with van der Waals surface area (Å²) in [6.07, 6.45) is 0.553. The second-order valence-electron chi connectivity index (χ2n) is 4.98. The van der Waals surface area contributed by atoms with E-state index in [2.05, 4.69) is 5.32 Å². The number of benzene rings is 2. The molecule has 128 valence electrons. The van der Waals surface area contributed by atoms with Gasteiger partial charge in [-0.05, 0) is 18.6 Å². The number of methoxy groups -OCH3 is 1. The van der Waals surface area contributed by atoms with Crippen LogP contribution in [0.1, 0.15) is 24.5 Å². The third kappa shape index (κ3) is 3.46. The van der Waals surface area contributed by atoms with Gasteiger partial charge < -0.3 is 14.8 Å². The molecular formula is C18H15F2N3O2. The third-order valence-corrected chi connectivity index (χ3v) is 3.38. The van der Waals surface area contributed by atoms with Gasteiger partial charge in [-0.2, -0.15) is 10.5 Å². The van der Waals surface area contributed by atoms with Crippen molar-refractivity contribution in [2.75, 3.05) is 19.0 Å². The van der Waals surface area contributed by atoms with Crippen molar-refractivity contribution in [1.29, 1.82) is 10.5 Å². The fourth-order valence-electron chi connectivity index (χ4n) is 2.21. The predicted octanol–water partition coefficient (Wildman–Crippen LogP) is 4.25. The average molecular weight is 343 g/mol. The summed E-state index contributed by atoms with van der Waals surface area (Å²) in [5.41, 5.74) is -1.36. The van der Waals surface area contributed by atoms with E-state index in [1.54, 1.807) is 31.2 Å². The van der Waals surface area contributed by atoms with E-state index >= 15 is 0 Å². The number of ether oxygens (including phenoxy) is 2. The van der Waals surface area contributed by atoms with Gasteiger partial charge in [-0.1, -0.05) is 19.1 Å². The van der Waals surface area contributed by atoms with E-state index in [0.717, 1.165) is 0 Å². The van der Waals surface area contributed by atoms with Gasteiger partial charge in [-0.25, -0.2) is 8.78 Å². The molecule has 0 radical (unpaired) electrons. The number of nitrogens with zero attached hydrogens (tertiary/aromatic N) is 2. The number of nitriles is 2. The Morgan fingerprint density at radius 1 is 1.08 bits per heavy atom. The van der Waals surface area contributed by atoms with Gasteiger partial charge in [0.15, 0.2) is 17.4 Å². The molecule has 0 aromatic heterocycles. The molecule has 0 aliphatic rings. The lowest BCUT2D eigenvalue weighted by Crippen LogP contribution is -2.09. The van der Waals surface area contributed by atoms with Gasteiger partial charge in [0, 0.05) is 0 Å². The van der Waals surface area contributed by atoms with E-state index in [9.17, 15) is 8.78 Å². The Bertz CT molecular complexity index is 870. The number of nitrogens with one attached hydrogen (secondary N) is 1. The monoisotopic (exact) mass is 343 g/mol. The zero-order valence-electron chi connectivity index (χ0n) is 13.7. The summed E-state index contributed by atoms with van der Waals surface area (Å²) in [4.78, 5) is 0. The minimum absolute atomic E-state index is 0.119. The third-order valence-electron chi connectivity index (χ3n) is 3.38. The Labute approximate surface area is 144 Å². The molecule has 5 nitrogen and oxygen atoms in total. The quantitative estimate of drug-likeness (QED) is 0.848. The molecule has 0 unspecified atom stereocenters. The van der Waals surface area contributed by atoms with Gasteiger partial charge in [0.2, 0.25) is 0 Å². The molecule has 25 heavy (non-hydrogen) atoms. The Balaban J connectivity index is 2.68. The molecule has 0 bridgehead atoms. The summed E-state index contributed by atoms with van der Waals surface area (Å²) in [5.74, 6) is -2.18. The Kier molecular flexibility index (Phi) is 5.75. The van der Waals surface area contributed by atoms with Gasteiger partial charge in [-0.15, -0.1) is 0 Å². The van der Waals surface area contributed by atoms with Gasteiger partial charge in [0.25, 0.3) is 0 Å². The van der Waals surface area contributed by atoms with Gasteiger partial charge in [0.05, 0.1) is 19.4 Å². The maximum atomic E-state index is 14.8. The van der Waals surface area contributed by atoms with Crippen LogP contribution in [-0.4, -0.2) is 13.7 Å². The second kappa shape index (κ2) is 7.98. The van der Waals surface area contributed by atoms with Crippen molar-refractivity contribution >= 4 is 11.4 Å². The van der Waals surface area contributed by atoms with Gasteiger partial charge in [0.1, 0.15) is 34.7 Å². The van der Waals surface area contributed by atoms with E-state index in [-0.39, 0.29) is 12.3 Å². The largest absolute Gasteiger partial charge is 0.495 e. The number of anilines is 2. The van der Waals surface area contributed by atoms with Crippen LogP contribution in [0.3, 0.4) is 0 Å². The van der Waals surface area contributed by atoms with E-state index in [1.807, 2.05) is 0 Å². The van der Waals surface area contributed by atoms with Crippen molar-refractivity contribution in [3.05, 3.63) is 47.0 Å². The average Bonchev–Trinajstić information content (AvgIpc) is 2.64. The number of hydrogen-bond acceptors (Lipinski definition) is 5. The number of hydrogen-bond donors (Lipinski definition) is 1. The van der Waals surface area contributed by atoms with Crippen molar-refractivity contribution in [1.82, 2.24) is 0 Å². The van der Waals surface area contributed by atoms with Crippen LogP contribution in [0, 0.1) is 34.3 Å². The summed E-state index contributed by atoms with van der Waals surface area (Å²) in [6, 6.07) is 9.68. The molecule has 7 heteroatoms. The maximum absolute atomic E-state index is 14.8. The van der Waals surface area contributed by atoms with Crippen LogP contribution in [-0.2, 0) is 0 Å². The summed E-state index contributed by atoms with van der Waals surface area (Å²) >= 11 is 0. The molecule has 2 aromatic carbocycles. The summed E-state index contributed by atoms with van der Waals surface area (Å²) < 4.78 is 39.9. The smallest absolute Gasteiger partial charge is 0.186 e. The normalized spacial score (nSPS) is 9.84. The molecule has 0 aliphatic carbocycles. The fraction of sp³-hybridized carbons (Fsp3) is 0.222. The lowest BCUT2D eigenvalue weighted by molar-refractivity contribution is 0.301. The highest BCUT2D eigenvalue weighted by Gasteiger charge is 2.26. The van der Waals surface area contributed by atoms with Crippen molar-refractivity contribution in [3.63, 3.8) is 0 Å². The first-order valence-electron chi connectivity index (χ1n) is 7.46. The molecule has 0 aliphatic heterocycles. The van der Waals surface area contributed by atoms with Crippen LogP contribution in [0.15, 0.2) is 24.3 Å². The van der Waals surface area contributed by atoms with Crippen LogP contribution >= 0.6 is 0 Å². The second-order valence-corrected chi connectivity index (χ2v) is 4.98. The molecule has 1 N–H and O–H groups in total. The molecule has 0 saturated heterocycles. The first kappa shape index (κ1) is 18.0. The summed E-state index contributed by atoms with van der Waals surface area (Å²) in [6.45, 7) is 1.92. The van der Waals surface area contributed by atoms with E-state index in [4.69, 9.17) is 20.0 Å². The zero-order chi connectivity index (χ0) is 18.4. The van der Waals surface area contributed by atoms with Crippen LogP contribution in [0.5, 0.6) is 11.5 Å². The zero-order valence-corrected chi connectivity index (χ0v) is 13.7. The first-order chi connectivity index (χ1) is 12.1. The number of halogens is 2. The minimum atomic E-state index is -1.08. The molecule has 0 saturated carbocycles. The van der Waals surface area contributed by atoms with Crippen molar-refractivity contribution in [2.24, 2.45) is 0 Å². The van der Waals surface area contributed by atoms with Crippen LogP contribution in [0.2, 0.25) is 0 Å². The van der Waals surface area contributed by atoms with Gasteiger partial charge >= 0.3 is 0 Å². The van der Waals surface area contributed by atoms with Crippen molar-refractivity contribution < 1.29 is 18.3 Å². The SMILES string of the molecule is CCCOc1c(F)c(C#N)c(C#N)c(F)c1Nc1ccccc1OC. The lowest BCUT2D eigenvalue weighted by Gasteiger charge is -2.18. The fourth-order valence-corrected chi connectivity index (χ4v) is 2.21. The van der Waals surface area contributed by atoms with Crippen LogP contribution < -0.4 is 14.8 Å². The highest BCUT2D eigenvalue weighted by molar-refractivity contribution is 5.75. The maximum Gasteiger partial charge on any atom is 0.186 e. The highest BCUT2D eigenvalue weighted by atomic mass is 19.1. The van der Waals surface area contributed by atoms with E-state index in [1.165, 1.54) is 19.2 Å². The van der Waals surface area contributed by atoms with Crippen molar-refractivity contribution in [2.45, 2.75) is 13.3 Å². The standard InChI is InChI=1S/C18H15F2N3O2/c1-3-8-25-18-16(20)12(10-22)11(9-21)15(19)17(18)23-13-6-4-5-7-14(13)24-2/h4-7,23H,3,8H2,1-2H3. The molecule has 0 spiro atoms. The Morgan fingerprint density at radius 2 is 1.72 bits per heavy atom. The minimum Gasteiger partial charge on any atom is -0.495 e.